The maximum Gasteiger partial charge on any atom is 0.259 e. The summed E-state index contributed by atoms with van der Waals surface area (Å²) in [5.41, 5.74) is 3.44. The Kier molecular flexibility index (Phi) is 6.27. The number of hydrazone groups is 1. The third kappa shape index (κ3) is 5.06. The number of hydrogen-bond acceptors (Lipinski definition) is 5. The summed E-state index contributed by atoms with van der Waals surface area (Å²) < 4.78 is 5.04. The summed E-state index contributed by atoms with van der Waals surface area (Å²) in [5, 5.41) is 6.73. The van der Waals surface area contributed by atoms with E-state index in [0.29, 0.717) is 21.9 Å². The molecule has 0 aliphatic rings. The molecule has 0 radical (unpaired) electrons. The summed E-state index contributed by atoms with van der Waals surface area (Å²) >= 11 is 5.99. The van der Waals surface area contributed by atoms with Gasteiger partial charge in [0.15, 0.2) is 0 Å². The summed E-state index contributed by atoms with van der Waals surface area (Å²) in [6, 6.07) is 8.20. The largest absolute Gasteiger partial charge is 0.495 e. The van der Waals surface area contributed by atoms with Crippen LogP contribution in [0.25, 0.3) is 0 Å². The first-order valence-electron chi connectivity index (χ1n) is 6.94. The Morgan fingerprint density at radius 3 is 2.71 bits per heavy atom. The van der Waals surface area contributed by atoms with Crippen molar-refractivity contribution in [3.05, 3.63) is 58.9 Å². The quantitative estimate of drug-likeness (QED) is 0.614. The van der Waals surface area contributed by atoms with E-state index in [2.05, 4.69) is 20.8 Å². The number of ether oxygens (including phenoxy) is 1. The molecule has 0 spiro atoms. The monoisotopic (exact) mass is 346 g/mol. The first-order valence-corrected chi connectivity index (χ1v) is 7.31. The fraction of sp³-hybridized carbons (Fsp3) is 0.125. The van der Waals surface area contributed by atoms with Crippen LogP contribution in [-0.4, -0.2) is 36.7 Å². The van der Waals surface area contributed by atoms with Crippen molar-refractivity contribution in [2.24, 2.45) is 5.10 Å². The number of carbonyl (C=O) groups excluding carboxylic acids is 2. The predicted octanol–water partition coefficient (Wildman–Crippen LogP) is 1.62. The standard InChI is InChI=1S/C16H15ClN4O3/c1-24-14-3-2-11(8-13(14)17)9-20-21-15(22)10-19-16(23)12-4-6-18-7-5-12/h2-9H,10H2,1H3,(H,19,23)(H,21,22). The van der Waals surface area contributed by atoms with Gasteiger partial charge in [-0.25, -0.2) is 5.43 Å². The molecule has 124 valence electrons. The van der Waals surface area contributed by atoms with Crippen molar-refractivity contribution in [3.8, 4) is 5.75 Å². The molecule has 0 aliphatic carbocycles. The van der Waals surface area contributed by atoms with Crippen molar-refractivity contribution in [1.29, 1.82) is 0 Å². The predicted molar refractivity (Wildman–Crippen MR) is 90.3 cm³/mol. The van der Waals surface area contributed by atoms with Gasteiger partial charge in [-0.1, -0.05) is 11.6 Å². The van der Waals surface area contributed by atoms with Gasteiger partial charge in [0.25, 0.3) is 11.8 Å². The number of rotatable bonds is 6. The molecular formula is C16H15ClN4O3. The summed E-state index contributed by atoms with van der Waals surface area (Å²) in [7, 11) is 1.52. The lowest BCUT2D eigenvalue weighted by atomic mass is 10.2. The molecule has 0 aliphatic heterocycles. The number of halogens is 1. The van der Waals surface area contributed by atoms with E-state index in [1.54, 1.807) is 30.3 Å². The molecule has 0 fully saturated rings. The van der Waals surface area contributed by atoms with Gasteiger partial charge in [-0.15, -0.1) is 0 Å². The van der Waals surface area contributed by atoms with Crippen molar-refractivity contribution in [1.82, 2.24) is 15.7 Å². The fourth-order valence-electron chi connectivity index (χ4n) is 1.75. The highest BCUT2D eigenvalue weighted by atomic mass is 35.5. The number of nitrogens with one attached hydrogen (secondary N) is 2. The highest BCUT2D eigenvalue weighted by Crippen LogP contribution is 2.24. The van der Waals surface area contributed by atoms with Gasteiger partial charge in [-0.05, 0) is 35.9 Å². The van der Waals surface area contributed by atoms with Crippen LogP contribution in [0.15, 0.2) is 47.8 Å². The lowest BCUT2D eigenvalue weighted by molar-refractivity contribution is -0.120. The maximum absolute atomic E-state index is 11.8. The van der Waals surface area contributed by atoms with Crippen molar-refractivity contribution < 1.29 is 14.3 Å². The Labute approximate surface area is 143 Å². The number of benzene rings is 1. The first-order chi connectivity index (χ1) is 11.6. The van der Waals surface area contributed by atoms with E-state index in [0.717, 1.165) is 0 Å². The Balaban J connectivity index is 1.80. The zero-order chi connectivity index (χ0) is 17.4. The number of methoxy groups -OCH3 is 1. The minimum absolute atomic E-state index is 0.193. The van der Waals surface area contributed by atoms with E-state index in [4.69, 9.17) is 16.3 Å². The maximum atomic E-state index is 11.8. The van der Waals surface area contributed by atoms with Crippen LogP contribution < -0.4 is 15.5 Å². The van der Waals surface area contributed by atoms with E-state index in [1.165, 1.54) is 25.7 Å². The van der Waals surface area contributed by atoms with E-state index < -0.39 is 5.91 Å². The third-order valence-electron chi connectivity index (χ3n) is 2.93. The summed E-state index contributed by atoms with van der Waals surface area (Å²) in [6.45, 7) is -0.193. The van der Waals surface area contributed by atoms with E-state index >= 15 is 0 Å². The molecule has 2 aromatic rings. The molecule has 1 aromatic heterocycles. The molecule has 0 bridgehead atoms. The molecular weight excluding hydrogens is 332 g/mol. The molecule has 0 saturated heterocycles. The number of aromatic nitrogens is 1. The fourth-order valence-corrected chi connectivity index (χ4v) is 2.01. The summed E-state index contributed by atoms with van der Waals surface area (Å²) in [5.74, 6) is -0.261. The van der Waals surface area contributed by atoms with E-state index in [9.17, 15) is 9.59 Å². The van der Waals surface area contributed by atoms with Crippen LogP contribution in [0.5, 0.6) is 5.75 Å². The molecule has 1 heterocycles. The average Bonchev–Trinajstić information content (AvgIpc) is 2.60. The van der Waals surface area contributed by atoms with Crippen LogP contribution in [0, 0.1) is 0 Å². The highest BCUT2D eigenvalue weighted by molar-refractivity contribution is 6.32. The Morgan fingerprint density at radius 1 is 1.29 bits per heavy atom. The Morgan fingerprint density at radius 2 is 2.04 bits per heavy atom. The minimum Gasteiger partial charge on any atom is -0.495 e. The number of pyridine rings is 1. The second-order valence-corrected chi connectivity index (χ2v) is 5.01. The van der Waals surface area contributed by atoms with Gasteiger partial charge in [0.1, 0.15) is 5.75 Å². The zero-order valence-electron chi connectivity index (χ0n) is 12.8. The molecule has 0 saturated carbocycles. The van der Waals surface area contributed by atoms with Crippen molar-refractivity contribution >= 4 is 29.6 Å². The van der Waals surface area contributed by atoms with Crippen molar-refractivity contribution in [2.45, 2.75) is 0 Å². The van der Waals surface area contributed by atoms with Gasteiger partial charge in [-0.3, -0.25) is 14.6 Å². The molecule has 2 N–H and O–H groups in total. The van der Waals surface area contributed by atoms with E-state index in [-0.39, 0.29) is 12.5 Å². The zero-order valence-corrected chi connectivity index (χ0v) is 13.6. The van der Waals surface area contributed by atoms with Gasteiger partial charge in [0.05, 0.1) is 24.9 Å². The van der Waals surface area contributed by atoms with Crippen molar-refractivity contribution in [3.63, 3.8) is 0 Å². The molecule has 1 aromatic carbocycles. The molecule has 2 rings (SSSR count). The normalized spacial score (nSPS) is 10.4. The molecule has 0 atom stereocenters. The minimum atomic E-state index is -0.451. The molecule has 7 nitrogen and oxygen atoms in total. The lowest BCUT2D eigenvalue weighted by Gasteiger charge is -2.04. The van der Waals surface area contributed by atoms with Crippen LogP contribution in [0.2, 0.25) is 5.02 Å². The Hall–Kier alpha value is -2.93. The number of hydrogen-bond donors (Lipinski definition) is 2. The topological polar surface area (TPSA) is 92.7 Å². The van der Waals surface area contributed by atoms with Gasteiger partial charge >= 0.3 is 0 Å². The smallest absolute Gasteiger partial charge is 0.259 e. The van der Waals surface area contributed by atoms with Crippen LogP contribution in [0.3, 0.4) is 0 Å². The van der Waals surface area contributed by atoms with Crippen molar-refractivity contribution in [2.75, 3.05) is 13.7 Å². The molecule has 0 unspecified atom stereocenters. The van der Waals surface area contributed by atoms with Gasteiger partial charge in [0, 0.05) is 18.0 Å². The van der Waals surface area contributed by atoms with Crippen LogP contribution in [0.4, 0.5) is 0 Å². The van der Waals surface area contributed by atoms with E-state index in [1.807, 2.05) is 0 Å². The molecule has 8 heteroatoms. The molecule has 2 amide bonds. The SMILES string of the molecule is COc1ccc(C=NNC(=O)CNC(=O)c2ccncc2)cc1Cl. The van der Waals surface area contributed by atoms with Crippen LogP contribution in [0.1, 0.15) is 15.9 Å². The van der Waals surface area contributed by atoms with Crippen LogP contribution in [-0.2, 0) is 4.79 Å². The summed E-state index contributed by atoms with van der Waals surface area (Å²) in [4.78, 5) is 27.2. The second-order valence-electron chi connectivity index (χ2n) is 4.61. The summed E-state index contributed by atoms with van der Waals surface area (Å²) in [6.07, 6.45) is 4.44. The van der Waals surface area contributed by atoms with Gasteiger partial charge in [0.2, 0.25) is 0 Å². The number of amides is 2. The second kappa shape index (κ2) is 8.64. The first kappa shape index (κ1) is 17.4. The lowest BCUT2D eigenvalue weighted by Crippen LogP contribution is -2.34. The number of nitrogens with zero attached hydrogens (tertiary/aromatic N) is 2. The molecule has 24 heavy (non-hydrogen) atoms. The Bertz CT molecular complexity index is 750. The average molecular weight is 347 g/mol. The number of carbonyl (C=O) groups is 2. The third-order valence-corrected chi connectivity index (χ3v) is 3.23. The van der Waals surface area contributed by atoms with Gasteiger partial charge < -0.3 is 10.1 Å². The van der Waals surface area contributed by atoms with Crippen LogP contribution >= 0.6 is 11.6 Å². The highest BCUT2D eigenvalue weighted by Gasteiger charge is 2.06. The van der Waals surface area contributed by atoms with Gasteiger partial charge in [-0.2, -0.15) is 5.10 Å².